The lowest BCUT2D eigenvalue weighted by molar-refractivity contribution is -0.123. The van der Waals surface area contributed by atoms with E-state index in [-0.39, 0.29) is 36.1 Å². The molecule has 1 aromatic carbocycles. The van der Waals surface area contributed by atoms with Gasteiger partial charge < -0.3 is 10.2 Å². The third kappa shape index (κ3) is 7.84. The van der Waals surface area contributed by atoms with Crippen molar-refractivity contribution in [2.24, 2.45) is 0 Å². The Labute approximate surface area is 248 Å². The van der Waals surface area contributed by atoms with Crippen LogP contribution in [0.15, 0.2) is 54.2 Å². The minimum Gasteiger partial charge on any atom is -0.351 e. The zero-order chi connectivity index (χ0) is 31.5. The summed E-state index contributed by atoms with van der Waals surface area (Å²) in [5, 5.41) is 2.68. The zero-order valence-electron chi connectivity index (χ0n) is 24.5. The second kappa shape index (κ2) is 13.2. The molecule has 0 spiro atoms. The first-order chi connectivity index (χ1) is 20.3. The molecule has 1 aliphatic heterocycles. The summed E-state index contributed by atoms with van der Waals surface area (Å²) in [6.45, 7) is 6.97. The van der Waals surface area contributed by atoms with Gasteiger partial charge in [-0.25, -0.2) is 18.0 Å². The number of halogens is 6. The van der Waals surface area contributed by atoms with Crippen molar-refractivity contribution in [2.45, 2.75) is 108 Å². The Kier molecular flexibility index (Phi) is 10.0. The molecule has 1 N–H and O–H groups in total. The van der Waals surface area contributed by atoms with Crippen LogP contribution in [0.3, 0.4) is 0 Å². The van der Waals surface area contributed by atoms with E-state index in [2.05, 4.69) is 11.9 Å². The molecule has 2 aliphatic carbocycles. The number of allylic oxidation sites excluding steroid dienone is 3. The number of piperidine rings is 1. The topological polar surface area (TPSA) is 52.7 Å². The molecule has 3 amide bonds. The highest BCUT2D eigenvalue weighted by molar-refractivity contribution is 6.02. The molecule has 3 aliphatic rings. The lowest BCUT2D eigenvalue weighted by Gasteiger charge is -2.41. The van der Waals surface area contributed by atoms with Crippen LogP contribution in [0, 0.1) is 5.82 Å². The Hall–Kier alpha value is -3.24. The summed E-state index contributed by atoms with van der Waals surface area (Å²) in [7, 11) is 0. The molecule has 2 atom stereocenters. The van der Waals surface area contributed by atoms with Crippen LogP contribution in [0.4, 0.5) is 36.8 Å². The lowest BCUT2D eigenvalue weighted by atomic mass is 9.91. The van der Waals surface area contributed by atoms with E-state index < -0.39 is 60.4 Å². The summed E-state index contributed by atoms with van der Waals surface area (Å²) < 4.78 is 85.2. The number of hydrogen-bond donors (Lipinski definition) is 1. The van der Waals surface area contributed by atoms with Gasteiger partial charge in [0.1, 0.15) is 11.9 Å². The number of amides is 3. The van der Waals surface area contributed by atoms with Crippen LogP contribution in [0.25, 0.3) is 0 Å². The monoisotopic (exact) mass is 611 g/mol. The third-order valence-electron chi connectivity index (χ3n) is 8.62. The maximum atomic E-state index is 15.9. The van der Waals surface area contributed by atoms with Gasteiger partial charge in [-0.2, -0.15) is 13.2 Å². The first-order valence-corrected chi connectivity index (χ1v) is 14.9. The fourth-order valence-corrected chi connectivity index (χ4v) is 5.90. The molecule has 1 aromatic rings. The molecule has 2 saturated carbocycles. The smallest absolute Gasteiger partial charge is 0.351 e. The molecule has 4 rings (SSSR count). The number of rotatable bonds is 8. The number of benzene rings is 1. The number of urea groups is 1. The molecule has 236 valence electrons. The van der Waals surface area contributed by atoms with Crippen molar-refractivity contribution < 1.29 is 35.9 Å². The van der Waals surface area contributed by atoms with Gasteiger partial charge in [0.05, 0.1) is 11.3 Å². The summed E-state index contributed by atoms with van der Waals surface area (Å²) in [6.07, 6.45) is 0.758. The van der Waals surface area contributed by atoms with Crippen molar-refractivity contribution in [3.63, 3.8) is 0 Å². The minimum atomic E-state index is -4.79. The molecule has 0 aromatic heterocycles. The highest BCUT2D eigenvalue weighted by atomic mass is 19.4. The Morgan fingerprint density at radius 1 is 1.12 bits per heavy atom. The molecule has 2 unspecified atom stereocenters. The van der Waals surface area contributed by atoms with Gasteiger partial charge in [0.2, 0.25) is 11.8 Å². The summed E-state index contributed by atoms with van der Waals surface area (Å²) in [4.78, 5) is 30.8. The average molecular weight is 612 g/mol. The molecule has 0 radical (unpaired) electrons. The van der Waals surface area contributed by atoms with Crippen molar-refractivity contribution in [1.82, 2.24) is 10.2 Å². The molecule has 11 heteroatoms. The van der Waals surface area contributed by atoms with Crippen LogP contribution >= 0.6 is 0 Å². The number of hydrogen-bond acceptors (Lipinski definition) is 2. The van der Waals surface area contributed by atoms with Crippen molar-refractivity contribution in [3.05, 3.63) is 65.5 Å². The van der Waals surface area contributed by atoms with Crippen LogP contribution in [0.1, 0.15) is 83.1 Å². The Morgan fingerprint density at radius 3 is 2.33 bits per heavy atom. The fourth-order valence-electron chi connectivity index (χ4n) is 5.90. The Morgan fingerprint density at radius 2 is 1.79 bits per heavy atom. The predicted molar refractivity (Wildman–Crippen MR) is 153 cm³/mol. The predicted octanol–water partition coefficient (Wildman–Crippen LogP) is 8.19. The zero-order valence-corrected chi connectivity index (χ0v) is 24.5. The van der Waals surface area contributed by atoms with Gasteiger partial charge in [-0.3, -0.25) is 9.69 Å². The molecule has 43 heavy (non-hydrogen) atoms. The largest absolute Gasteiger partial charge is 0.416 e. The third-order valence-corrected chi connectivity index (χ3v) is 8.62. The fraction of sp³-hybridized carbons (Fsp3) is 0.562. The summed E-state index contributed by atoms with van der Waals surface area (Å²) in [5.41, 5.74) is -0.894. The number of nitrogens with zero attached hydrogens (tertiary/aromatic N) is 2. The molecule has 5 nitrogen and oxygen atoms in total. The van der Waals surface area contributed by atoms with Crippen LogP contribution in [-0.4, -0.2) is 53.6 Å². The van der Waals surface area contributed by atoms with E-state index in [0.717, 1.165) is 48.0 Å². The van der Waals surface area contributed by atoms with Crippen LogP contribution in [-0.2, 0) is 4.79 Å². The number of anilines is 1. The Balaban J connectivity index is 1.84. The standard InChI is InChI=1S/C32H39F6N3O2/c1-4-21(18-24(5-2)32(36,37)38)28(29(42)39-25-13-15-31(34,35)16-14-25)41(30(43)40-17-7-6-8-20(40)3)27-12-11-23(19-26(27)33)22-9-10-22/h4-5,11-12,18-20,22,25,28H,1,6-10,13-17H2,2-3H3,(H,39,42)/b21-18+,24-5+. The maximum absolute atomic E-state index is 15.9. The van der Waals surface area contributed by atoms with Gasteiger partial charge >= 0.3 is 12.2 Å². The van der Waals surface area contributed by atoms with E-state index >= 15 is 4.39 Å². The van der Waals surface area contributed by atoms with E-state index in [9.17, 15) is 31.5 Å². The van der Waals surface area contributed by atoms with Gasteiger partial charge in [-0.1, -0.05) is 24.8 Å². The van der Waals surface area contributed by atoms with Crippen molar-refractivity contribution in [3.8, 4) is 0 Å². The van der Waals surface area contributed by atoms with Crippen LogP contribution < -0.4 is 10.2 Å². The number of alkyl halides is 5. The van der Waals surface area contributed by atoms with Crippen molar-refractivity contribution in [1.29, 1.82) is 0 Å². The molecule has 1 heterocycles. The van der Waals surface area contributed by atoms with E-state index in [1.807, 2.05) is 6.92 Å². The molecule has 0 bridgehead atoms. The number of carbonyl (C=O) groups excluding carboxylic acids is 2. The van der Waals surface area contributed by atoms with E-state index in [1.54, 1.807) is 6.07 Å². The average Bonchev–Trinajstić information content (AvgIpc) is 3.79. The highest BCUT2D eigenvalue weighted by Gasteiger charge is 2.42. The van der Waals surface area contributed by atoms with Gasteiger partial charge in [-0.15, -0.1) is 0 Å². The van der Waals surface area contributed by atoms with Gasteiger partial charge in [0.25, 0.3) is 0 Å². The first-order valence-electron chi connectivity index (χ1n) is 14.9. The maximum Gasteiger partial charge on any atom is 0.416 e. The van der Waals surface area contributed by atoms with E-state index in [4.69, 9.17) is 0 Å². The molecular weight excluding hydrogens is 572 g/mol. The molecule has 1 saturated heterocycles. The van der Waals surface area contributed by atoms with Gasteiger partial charge in [0.15, 0.2) is 0 Å². The Bertz CT molecular complexity index is 1260. The normalized spacial score (nSPS) is 22.6. The van der Waals surface area contributed by atoms with Crippen molar-refractivity contribution >= 4 is 17.6 Å². The first kappa shape index (κ1) is 32.7. The highest BCUT2D eigenvalue weighted by Crippen LogP contribution is 2.42. The number of carbonyl (C=O) groups is 2. The summed E-state index contributed by atoms with van der Waals surface area (Å²) in [5.74, 6) is -4.38. The second-order valence-electron chi connectivity index (χ2n) is 11.8. The van der Waals surface area contributed by atoms with E-state index in [0.29, 0.717) is 19.4 Å². The summed E-state index contributed by atoms with van der Waals surface area (Å²) in [6, 6.07) is 0.894. The van der Waals surface area contributed by atoms with Gasteiger partial charge in [-0.05, 0) is 94.1 Å². The molecular formula is C32H39F6N3O2. The van der Waals surface area contributed by atoms with Crippen molar-refractivity contribution in [2.75, 3.05) is 11.4 Å². The quantitative estimate of drug-likeness (QED) is 0.238. The minimum absolute atomic E-state index is 0.0528. The summed E-state index contributed by atoms with van der Waals surface area (Å²) >= 11 is 0. The van der Waals surface area contributed by atoms with Crippen LogP contribution in [0.5, 0.6) is 0 Å². The molecule has 3 fully saturated rings. The number of likely N-dealkylation sites (tertiary alicyclic amines) is 1. The van der Waals surface area contributed by atoms with E-state index in [1.165, 1.54) is 24.0 Å². The SMILES string of the molecule is C=C/C(=C\C(=C/C)C(F)(F)F)C(C(=O)NC1CCC(F)(F)CC1)N(C(=O)N1CCCCC1C)c1ccc(C2CC2)cc1F. The van der Waals surface area contributed by atoms with Gasteiger partial charge in [0, 0.05) is 31.5 Å². The number of nitrogens with one attached hydrogen (secondary N) is 1. The lowest BCUT2D eigenvalue weighted by Crippen LogP contribution is -2.58. The van der Waals surface area contributed by atoms with Crippen LogP contribution in [0.2, 0.25) is 0 Å². The second-order valence-corrected chi connectivity index (χ2v) is 11.8.